The number of carbonyl (C=O) groups is 2. The highest BCUT2D eigenvalue weighted by atomic mass is 16.5. The van der Waals surface area contributed by atoms with Gasteiger partial charge in [0.1, 0.15) is 6.61 Å². The lowest BCUT2D eigenvalue weighted by molar-refractivity contribution is -0.143. The van der Waals surface area contributed by atoms with Gasteiger partial charge >= 0.3 is 5.97 Å². The zero-order valence-corrected chi connectivity index (χ0v) is 11.4. The normalized spacial score (nSPS) is 20.2. The highest BCUT2D eigenvalue weighted by Crippen LogP contribution is 2.24. The zero-order chi connectivity index (χ0) is 13.8. The molecule has 1 amide bonds. The van der Waals surface area contributed by atoms with E-state index in [9.17, 15) is 9.59 Å². The molecule has 1 aliphatic heterocycles. The summed E-state index contributed by atoms with van der Waals surface area (Å²) in [5.41, 5.74) is -0.0217. The lowest BCUT2D eigenvalue weighted by Crippen LogP contribution is -2.40. The van der Waals surface area contributed by atoms with E-state index in [0.29, 0.717) is 13.0 Å². The molecule has 0 saturated carbocycles. The van der Waals surface area contributed by atoms with Crippen LogP contribution in [-0.2, 0) is 14.3 Å². The van der Waals surface area contributed by atoms with Crippen LogP contribution in [0, 0.1) is 5.41 Å². The van der Waals surface area contributed by atoms with E-state index in [1.807, 2.05) is 25.7 Å². The molecule has 1 atom stereocenters. The van der Waals surface area contributed by atoms with Gasteiger partial charge in [0.05, 0.1) is 12.6 Å². The highest BCUT2D eigenvalue weighted by Gasteiger charge is 2.30. The van der Waals surface area contributed by atoms with Crippen molar-refractivity contribution in [2.75, 3.05) is 19.8 Å². The van der Waals surface area contributed by atoms with Gasteiger partial charge in [-0.25, -0.2) is 4.79 Å². The minimum Gasteiger partial charge on any atom is -0.480 e. The number of nitrogens with zero attached hydrogens (tertiary/aromatic N) is 1. The van der Waals surface area contributed by atoms with Gasteiger partial charge in [0, 0.05) is 13.0 Å². The van der Waals surface area contributed by atoms with Crippen LogP contribution in [0.1, 0.15) is 40.0 Å². The van der Waals surface area contributed by atoms with Gasteiger partial charge in [-0.05, 0) is 18.3 Å². The van der Waals surface area contributed by atoms with Crippen molar-refractivity contribution in [3.63, 3.8) is 0 Å². The van der Waals surface area contributed by atoms with Crippen LogP contribution in [-0.4, -0.2) is 47.7 Å². The van der Waals surface area contributed by atoms with Crippen molar-refractivity contribution < 1.29 is 19.4 Å². The van der Waals surface area contributed by atoms with Crippen molar-refractivity contribution in [2.45, 2.75) is 46.1 Å². The Labute approximate surface area is 108 Å². The first-order valence-corrected chi connectivity index (χ1v) is 6.38. The van der Waals surface area contributed by atoms with Crippen molar-refractivity contribution in [2.24, 2.45) is 5.41 Å². The minimum atomic E-state index is -0.972. The molecule has 1 aliphatic rings. The van der Waals surface area contributed by atoms with Gasteiger partial charge in [-0.1, -0.05) is 20.8 Å². The van der Waals surface area contributed by atoms with Crippen LogP contribution in [0.2, 0.25) is 0 Å². The maximum Gasteiger partial charge on any atom is 0.329 e. The number of hydrogen-bond acceptors (Lipinski definition) is 3. The van der Waals surface area contributed by atoms with Gasteiger partial charge in [-0.3, -0.25) is 4.79 Å². The van der Waals surface area contributed by atoms with Crippen LogP contribution in [0.25, 0.3) is 0 Å². The van der Waals surface area contributed by atoms with E-state index in [-0.39, 0.29) is 24.0 Å². The average molecular weight is 257 g/mol. The third kappa shape index (κ3) is 5.04. The Morgan fingerprint density at radius 3 is 2.61 bits per heavy atom. The van der Waals surface area contributed by atoms with Gasteiger partial charge in [0.25, 0.3) is 0 Å². The molecule has 1 heterocycles. The summed E-state index contributed by atoms with van der Waals surface area (Å²) in [4.78, 5) is 24.3. The van der Waals surface area contributed by atoms with E-state index in [1.54, 1.807) is 0 Å². The van der Waals surface area contributed by atoms with Crippen LogP contribution >= 0.6 is 0 Å². The predicted octanol–water partition coefficient (Wildman–Crippen LogP) is 1.51. The van der Waals surface area contributed by atoms with Crippen molar-refractivity contribution in [3.05, 3.63) is 0 Å². The molecule has 0 radical (unpaired) electrons. The van der Waals surface area contributed by atoms with E-state index in [4.69, 9.17) is 9.84 Å². The fourth-order valence-electron chi connectivity index (χ4n) is 2.17. The average Bonchev–Trinajstić information content (AvgIpc) is 2.62. The van der Waals surface area contributed by atoms with E-state index in [1.165, 1.54) is 0 Å². The molecule has 104 valence electrons. The lowest BCUT2D eigenvalue weighted by Gasteiger charge is -2.28. The Balaban J connectivity index is 2.43. The number of aliphatic carboxylic acids is 1. The first-order valence-electron chi connectivity index (χ1n) is 6.38. The van der Waals surface area contributed by atoms with Crippen LogP contribution < -0.4 is 0 Å². The first-order chi connectivity index (χ1) is 8.29. The van der Waals surface area contributed by atoms with E-state index >= 15 is 0 Å². The molecule has 0 aromatic heterocycles. The molecular formula is C13H23NO4. The molecule has 1 saturated heterocycles. The summed E-state index contributed by atoms with van der Waals surface area (Å²) in [5.74, 6) is -0.829. The fourth-order valence-corrected chi connectivity index (χ4v) is 2.17. The summed E-state index contributed by atoms with van der Waals surface area (Å²) in [6, 6.07) is 0.0409. The van der Waals surface area contributed by atoms with E-state index < -0.39 is 5.97 Å². The molecule has 1 N–H and O–H groups in total. The summed E-state index contributed by atoms with van der Waals surface area (Å²) >= 11 is 0. The summed E-state index contributed by atoms with van der Waals surface area (Å²) in [5, 5.41) is 8.51. The number of hydrogen-bond donors (Lipinski definition) is 1. The molecule has 1 rings (SSSR count). The zero-order valence-electron chi connectivity index (χ0n) is 11.4. The van der Waals surface area contributed by atoms with Crippen molar-refractivity contribution >= 4 is 11.9 Å². The maximum absolute atomic E-state index is 12.1. The molecule has 18 heavy (non-hydrogen) atoms. The molecule has 0 spiro atoms. The van der Waals surface area contributed by atoms with Gasteiger partial charge in [0.2, 0.25) is 5.91 Å². The quantitative estimate of drug-likeness (QED) is 0.810. The van der Waals surface area contributed by atoms with Crippen LogP contribution in [0.3, 0.4) is 0 Å². The lowest BCUT2D eigenvalue weighted by atomic mass is 9.91. The third-order valence-electron chi connectivity index (χ3n) is 2.91. The topological polar surface area (TPSA) is 66.8 Å². The Morgan fingerprint density at radius 2 is 2.06 bits per heavy atom. The second kappa shape index (κ2) is 6.18. The molecule has 0 aromatic carbocycles. The number of likely N-dealkylation sites (tertiary alicyclic amines) is 1. The predicted molar refractivity (Wildman–Crippen MR) is 67.3 cm³/mol. The molecule has 0 bridgehead atoms. The number of amides is 1. The molecule has 0 aliphatic carbocycles. The summed E-state index contributed by atoms with van der Waals surface area (Å²) in [7, 11) is 0. The Bertz CT molecular complexity index is 309. The van der Waals surface area contributed by atoms with E-state index in [2.05, 4.69) is 0 Å². The first kappa shape index (κ1) is 15.0. The Kier molecular flexibility index (Phi) is 5.14. The Morgan fingerprint density at radius 1 is 1.39 bits per heavy atom. The summed E-state index contributed by atoms with van der Waals surface area (Å²) in [6.45, 7) is 6.90. The van der Waals surface area contributed by atoms with Crippen molar-refractivity contribution in [1.82, 2.24) is 4.90 Å². The molecular weight excluding hydrogens is 234 g/mol. The second-order valence-corrected chi connectivity index (χ2v) is 6.03. The molecule has 0 unspecified atom stereocenters. The van der Waals surface area contributed by atoms with Crippen LogP contribution in [0.5, 0.6) is 0 Å². The van der Waals surface area contributed by atoms with Gasteiger partial charge in [-0.15, -0.1) is 0 Å². The Hall–Kier alpha value is -1.10. The monoisotopic (exact) mass is 257 g/mol. The largest absolute Gasteiger partial charge is 0.480 e. The number of ether oxygens (including phenoxy) is 1. The number of carboxylic acid groups (broad SMARTS) is 1. The van der Waals surface area contributed by atoms with Gasteiger partial charge < -0.3 is 14.7 Å². The van der Waals surface area contributed by atoms with Crippen molar-refractivity contribution in [1.29, 1.82) is 0 Å². The van der Waals surface area contributed by atoms with Gasteiger partial charge in [-0.2, -0.15) is 0 Å². The maximum atomic E-state index is 12.1. The summed E-state index contributed by atoms with van der Waals surface area (Å²) < 4.78 is 5.10. The molecule has 5 nitrogen and oxygen atoms in total. The fraction of sp³-hybridized carbons (Fsp3) is 0.846. The SMILES string of the molecule is CC(C)(C)CC(=O)N1CCC[C@H]1COCC(=O)O. The summed E-state index contributed by atoms with van der Waals surface area (Å²) in [6.07, 6.45) is 2.38. The van der Waals surface area contributed by atoms with Crippen LogP contribution in [0.4, 0.5) is 0 Å². The molecule has 0 aromatic rings. The number of carboxylic acids is 1. The third-order valence-corrected chi connectivity index (χ3v) is 2.91. The highest BCUT2D eigenvalue weighted by molar-refractivity contribution is 5.77. The smallest absolute Gasteiger partial charge is 0.329 e. The molecule has 5 heteroatoms. The minimum absolute atomic E-state index is 0.0217. The van der Waals surface area contributed by atoms with Crippen molar-refractivity contribution in [3.8, 4) is 0 Å². The number of rotatable bonds is 5. The van der Waals surface area contributed by atoms with Gasteiger partial charge in [0.15, 0.2) is 0 Å². The second-order valence-electron chi connectivity index (χ2n) is 6.03. The molecule has 1 fully saturated rings. The van der Waals surface area contributed by atoms with E-state index in [0.717, 1.165) is 19.4 Å². The van der Waals surface area contributed by atoms with Crippen LogP contribution in [0.15, 0.2) is 0 Å². The number of carbonyl (C=O) groups excluding carboxylic acids is 1. The standard InChI is InChI=1S/C13H23NO4/c1-13(2,3)7-11(15)14-6-4-5-10(14)8-18-9-12(16)17/h10H,4-9H2,1-3H3,(H,16,17)/t10-/m0/s1.